The number of nitrogens with one attached hydrogen (secondary N) is 2. The SMILES string of the molecule is CN1CCCC1CCNC(=O)c1ccc2nc[nH]c2c1. The molecule has 5 nitrogen and oxygen atoms in total. The molecule has 1 fully saturated rings. The molecule has 3 rings (SSSR count). The van der Waals surface area contributed by atoms with Gasteiger partial charge in [-0.3, -0.25) is 4.79 Å². The van der Waals surface area contributed by atoms with E-state index in [9.17, 15) is 4.79 Å². The summed E-state index contributed by atoms with van der Waals surface area (Å²) in [5.41, 5.74) is 2.46. The second-order valence-corrected chi connectivity index (χ2v) is 5.46. The van der Waals surface area contributed by atoms with Gasteiger partial charge in [-0.1, -0.05) is 0 Å². The van der Waals surface area contributed by atoms with Crippen molar-refractivity contribution in [1.82, 2.24) is 20.2 Å². The van der Waals surface area contributed by atoms with Gasteiger partial charge in [-0.05, 0) is 51.1 Å². The van der Waals surface area contributed by atoms with Crippen LogP contribution in [0.15, 0.2) is 24.5 Å². The molecule has 1 saturated heterocycles. The van der Waals surface area contributed by atoms with E-state index in [-0.39, 0.29) is 5.91 Å². The van der Waals surface area contributed by atoms with Crippen molar-refractivity contribution < 1.29 is 4.79 Å². The lowest BCUT2D eigenvalue weighted by molar-refractivity contribution is 0.0950. The summed E-state index contributed by atoms with van der Waals surface area (Å²) in [5, 5.41) is 3.00. The van der Waals surface area contributed by atoms with Crippen molar-refractivity contribution in [2.24, 2.45) is 0 Å². The Balaban J connectivity index is 1.55. The van der Waals surface area contributed by atoms with Crippen molar-refractivity contribution in [2.75, 3.05) is 20.1 Å². The van der Waals surface area contributed by atoms with Crippen molar-refractivity contribution in [1.29, 1.82) is 0 Å². The Bertz CT molecular complexity index is 607. The van der Waals surface area contributed by atoms with Crippen LogP contribution in [0.4, 0.5) is 0 Å². The summed E-state index contributed by atoms with van der Waals surface area (Å²) in [7, 11) is 2.16. The molecule has 0 radical (unpaired) electrons. The standard InChI is InChI=1S/C15H20N4O/c1-19-8-2-3-12(19)6-7-16-15(20)11-4-5-13-14(9-11)18-10-17-13/h4-5,9-10,12H,2-3,6-8H2,1H3,(H,16,20)(H,17,18). The number of benzene rings is 1. The normalized spacial score (nSPS) is 19.6. The van der Waals surface area contributed by atoms with Gasteiger partial charge in [0, 0.05) is 18.2 Å². The highest BCUT2D eigenvalue weighted by Crippen LogP contribution is 2.17. The quantitative estimate of drug-likeness (QED) is 0.892. The van der Waals surface area contributed by atoms with Gasteiger partial charge in [-0.25, -0.2) is 4.98 Å². The number of likely N-dealkylation sites (tertiary alicyclic amines) is 1. The van der Waals surface area contributed by atoms with Gasteiger partial charge in [0.25, 0.3) is 5.91 Å². The van der Waals surface area contributed by atoms with E-state index >= 15 is 0 Å². The minimum atomic E-state index is -0.0119. The lowest BCUT2D eigenvalue weighted by atomic mass is 10.1. The number of hydrogen-bond acceptors (Lipinski definition) is 3. The lowest BCUT2D eigenvalue weighted by Gasteiger charge is -2.19. The predicted molar refractivity (Wildman–Crippen MR) is 78.7 cm³/mol. The molecule has 5 heteroatoms. The van der Waals surface area contributed by atoms with Crippen LogP contribution in [0.2, 0.25) is 0 Å². The number of H-pyrrole nitrogens is 1. The highest BCUT2D eigenvalue weighted by Gasteiger charge is 2.20. The summed E-state index contributed by atoms with van der Waals surface area (Å²) in [5.74, 6) is -0.0119. The first kappa shape index (κ1) is 13.1. The molecule has 0 bridgehead atoms. The van der Waals surface area contributed by atoms with Crippen LogP contribution in [-0.4, -0.2) is 47.0 Å². The molecule has 0 saturated carbocycles. The molecule has 2 N–H and O–H groups in total. The maximum atomic E-state index is 12.1. The van der Waals surface area contributed by atoms with Crippen LogP contribution in [0.5, 0.6) is 0 Å². The number of rotatable bonds is 4. The number of aromatic amines is 1. The first-order valence-electron chi connectivity index (χ1n) is 7.15. The Morgan fingerprint density at radius 1 is 1.55 bits per heavy atom. The fraction of sp³-hybridized carbons (Fsp3) is 0.467. The smallest absolute Gasteiger partial charge is 0.251 e. The predicted octanol–water partition coefficient (Wildman–Crippen LogP) is 1.78. The minimum Gasteiger partial charge on any atom is -0.352 e. The second kappa shape index (κ2) is 5.63. The molecule has 0 aliphatic carbocycles. The number of fused-ring (bicyclic) bond motifs is 1. The van der Waals surface area contributed by atoms with Crippen LogP contribution < -0.4 is 5.32 Å². The fourth-order valence-corrected chi connectivity index (χ4v) is 2.88. The summed E-state index contributed by atoms with van der Waals surface area (Å²) < 4.78 is 0. The zero-order valence-corrected chi connectivity index (χ0v) is 11.7. The largest absolute Gasteiger partial charge is 0.352 e. The van der Waals surface area contributed by atoms with Crippen LogP contribution in [0, 0.1) is 0 Å². The number of amides is 1. The first-order valence-corrected chi connectivity index (χ1v) is 7.15. The molecule has 106 valence electrons. The second-order valence-electron chi connectivity index (χ2n) is 5.46. The fourth-order valence-electron chi connectivity index (χ4n) is 2.88. The molecule has 1 aliphatic heterocycles. The minimum absolute atomic E-state index is 0.0119. The zero-order valence-electron chi connectivity index (χ0n) is 11.7. The van der Waals surface area contributed by atoms with Gasteiger partial charge in [0.05, 0.1) is 17.4 Å². The van der Waals surface area contributed by atoms with E-state index in [1.54, 1.807) is 6.33 Å². The van der Waals surface area contributed by atoms with Gasteiger partial charge >= 0.3 is 0 Å². The summed E-state index contributed by atoms with van der Waals surface area (Å²) in [6.45, 7) is 1.91. The highest BCUT2D eigenvalue weighted by atomic mass is 16.1. The third-order valence-electron chi connectivity index (χ3n) is 4.12. The Labute approximate surface area is 118 Å². The van der Waals surface area contributed by atoms with E-state index in [0.29, 0.717) is 11.6 Å². The molecule has 1 aromatic heterocycles. The summed E-state index contributed by atoms with van der Waals surface area (Å²) in [4.78, 5) is 21.7. The Morgan fingerprint density at radius 2 is 2.45 bits per heavy atom. The van der Waals surface area contributed by atoms with E-state index in [4.69, 9.17) is 0 Å². The molecular formula is C15H20N4O. The molecule has 0 spiro atoms. The van der Waals surface area contributed by atoms with Crippen molar-refractivity contribution in [2.45, 2.75) is 25.3 Å². The number of nitrogens with zero attached hydrogens (tertiary/aromatic N) is 2. The molecule has 1 unspecified atom stereocenters. The maximum absolute atomic E-state index is 12.1. The topological polar surface area (TPSA) is 61.0 Å². The molecule has 1 aromatic carbocycles. The summed E-state index contributed by atoms with van der Waals surface area (Å²) >= 11 is 0. The maximum Gasteiger partial charge on any atom is 0.251 e. The van der Waals surface area contributed by atoms with E-state index in [2.05, 4.69) is 27.2 Å². The Morgan fingerprint density at radius 3 is 3.25 bits per heavy atom. The van der Waals surface area contributed by atoms with Gasteiger partial charge in [0.2, 0.25) is 0 Å². The van der Waals surface area contributed by atoms with Crippen LogP contribution in [0.3, 0.4) is 0 Å². The van der Waals surface area contributed by atoms with Gasteiger partial charge < -0.3 is 15.2 Å². The van der Waals surface area contributed by atoms with E-state index in [0.717, 1.165) is 24.0 Å². The molecule has 1 amide bonds. The van der Waals surface area contributed by atoms with Gasteiger partial charge in [-0.2, -0.15) is 0 Å². The van der Waals surface area contributed by atoms with Crippen LogP contribution in [0.25, 0.3) is 11.0 Å². The third kappa shape index (κ3) is 2.67. The van der Waals surface area contributed by atoms with Crippen molar-refractivity contribution in [3.63, 3.8) is 0 Å². The van der Waals surface area contributed by atoms with E-state index in [1.165, 1.54) is 19.4 Å². The van der Waals surface area contributed by atoms with Crippen LogP contribution in [0.1, 0.15) is 29.6 Å². The number of carbonyl (C=O) groups excluding carboxylic acids is 1. The third-order valence-corrected chi connectivity index (χ3v) is 4.12. The molecule has 1 aliphatic rings. The summed E-state index contributed by atoms with van der Waals surface area (Å²) in [6, 6.07) is 6.15. The number of imidazole rings is 1. The van der Waals surface area contributed by atoms with E-state index in [1.807, 2.05) is 18.2 Å². The Kier molecular flexibility index (Phi) is 3.69. The van der Waals surface area contributed by atoms with Gasteiger partial charge in [0.15, 0.2) is 0 Å². The van der Waals surface area contributed by atoms with Gasteiger partial charge in [-0.15, -0.1) is 0 Å². The first-order chi connectivity index (χ1) is 9.74. The Hall–Kier alpha value is -1.88. The van der Waals surface area contributed by atoms with Crippen molar-refractivity contribution in [3.8, 4) is 0 Å². The molecular weight excluding hydrogens is 252 g/mol. The monoisotopic (exact) mass is 272 g/mol. The van der Waals surface area contributed by atoms with Crippen LogP contribution >= 0.6 is 0 Å². The number of aromatic nitrogens is 2. The highest BCUT2D eigenvalue weighted by molar-refractivity contribution is 5.97. The lowest BCUT2D eigenvalue weighted by Crippen LogP contribution is -2.31. The van der Waals surface area contributed by atoms with Gasteiger partial charge in [0.1, 0.15) is 0 Å². The number of hydrogen-bond donors (Lipinski definition) is 2. The van der Waals surface area contributed by atoms with Crippen molar-refractivity contribution in [3.05, 3.63) is 30.1 Å². The average Bonchev–Trinajstić information content (AvgIpc) is 3.07. The molecule has 2 heterocycles. The summed E-state index contributed by atoms with van der Waals surface area (Å²) in [6.07, 6.45) is 5.18. The van der Waals surface area contributed by atoms with Crippen LogP contribution in [-0.2, 0) is 0 Å². The molecule has 1 atom stereocenters. The van der Waals surface area contributed by atoms with Crippen molar-refractivity contribution >= 4 is 16.9 Å². The number of carbonyl (C=O) groups is 1. The van der Waals surface area contributed by atoms with E-state index < -0.39 is 0 Å². The average molecular weight is 272 g/mol. The molecule has 20 heavy (non-hydrogen) atoms. The molecule has 2 aromatic rings. The zero-order chi connectivity index (χ0) is 13.9.